The van der Waals surface area contributed by atoms with Crippen molar-refractivity contribution in [1.29, 1.82) is 0 Å². The van der Waals surface area contributed by atoms with Gasteiger partial charge < -0.3 is 10.6 Å². The topological polar surface area (TPSA) is 108 Å². The molecule has 0 saturated heterocycles. The van der Waals surface area contributed by atoms with Crippen LogP contribution < -0.4 is 14.9 Å². The highest BCUT2D eigenvalue weighted by atomic mass is 35.5. The Morgan fingerprint density at radius 1 is 1.03 bits per heavy atom. The highest BCUT2D eigenvalue weighted by Crippen LogP contribution is 2.21. The fraction of sp³-hybridized carbons (Fsp3) is 0.136. The fourth-order valence-electron chi connectivity index (χ4n) is 2.90. The first-order chi connectivity index (χ1) is 15.2. The maximum atomic E-state index is 12.7. The molecule has 32 heavy (non-hydrogen) atoms. The van der Waals surface area contributed by atoms with Crippen molar-refractivity contribution in [3.8, 4) is 0 Å². The molecule has 0 bridgehead atoms. The monoisotopic (exact) mass is 472 g/mol. The van der Waals surface area contributed by atoms with Crippen molar-refractivity contribution in [2.24, 2.45) is 0 Å². The number of carbonyl (C=O) groups excluding carboxylic acids is 2. The number of amides is 2. The molecule has 0 aliphatic rings. The van der Waals surface area contributed by atoms with Crippen LogP contribution in [0.5, 0.6) is 0 Å². The SMILES string of the molecule is CS(=O)(=O)N(CC(=O)Nc1ccccc1C(=O)NCc1cccnc1)c1ccc(Cl)cc1. The van der Waals surface area contributed by atoms with Crippen LogP contribution in [-0.2, 0) is 21.4 Å². The Labute approximate surface area is 191 Å². The zero-order chi connectivity index (χ0) is 23.1. The molecule has 0 spiro atoms. The predicted molar refractivity (Wildman–Crippen MR) is 124 cm³/mol. The van der Waals surface area contributed by atoms with Gasteiger partial charge in [-0.05, 0) is 48.0 Å². The first kappa shape index (κ1) is 23.2. The van der Waals surface area contributed by atoms with Crippen LogP contribution in [0.1, 0.15) is 15.9 Å². The van der Waals surface area contributed by atoms with Gasteiger partial charge in [0.1, 0.15) is 6.54 Å². The Bertz CT molecular complexity index is 1200. The van der Waals surface area contributed by atoms with Crippen molar-refractivity contribution in [2.45, 2.75) is 6.54 Å². The van der Waals surface area contributed by atoms with E-state index in [1.54, 1.807) is 42.7 Å². The summed E-state index contributed by atoms with van der Waals surface area (Å²) in [5, 5.41) is 5.85. The van der Waals surface area contributed by atoms with Crippen molar-refractivity contribution < 1.29 is 18.0 Å². The first-order valence-corrected chi connectivity index (χ1v) is 11.8. The molecule has 2 amide bonds. The Morgan fingerprint density at radius 3 is 2.41 bits per heavy atom. The van der Waals surface area contributed by atoms with Crippen molar-refractivity contribution in [1.82, 2.24) is 10.3 Å². The Balaban J connectivity index is 1.73. The molecule has 2 aromatic carbocycles. The number of pyridine rings is 1. The lowest BCUT2D eigenvalue weighted by Gasteiger charge is -2.22. The minimum Gasteiger partial charge on any atom is -0.348 e. The van der Waals surface area contributed by atoms with Gasteiger partial charge >= 0.3 is 0 Å². The highest BCUT2D eigenvalue weighted by Gasteiger charge is 2.22. The molecule has 0 aliphatic heterocycles. The summed E-state index contributed by atoms with van der Waals surface area (Å²) in [5.41, 5.74) is 1.65. The zero-order valence-corrected chi connectivity index (χ0v) is 18.7. The molecule has 3 rings (SSSR count). The van der Waals surface area contributed by atoms with Gasteiger partial charge in [0.15, 0.2) is 0 Å². The molecule has 1 aromatic heterocycles. The quantitative estimate of drug-likeness (QED) is 0.523. The largest absolute Gasteiger partial charge is 0.348 e. The summed E-state index contributed by atoms with van der Waals surface area (Å²) < 4.78 is 25.4. The van der Waals surface area contributed by atoms with Crippen LogP contribution in [0, 0.1) is 0 Å². The molecule has 8 nitrogen and oxygen atoms in total. The van der Waals surface area contributed by atoms with E-state index in [9.17, 15) is 18.0 Å². The van der Waals surface area contributed by atoms with Gasteiger partial charge in [0.05, 0.1) is 23.2 Å². The molecule has 10 heteroatoms. The standard InChI is InChI=1S/C22H21ClN4O4S/c1-32(30,31)27(18-10-8-17(23)9-11-18)15-21(28)26-20-7-3-2-6-19(20)22(29)25-14-16-5-4-12-24-13-16/h2-13H,14-15H2,1H3,(H,25,29)(H,26,28). The molecule has 166 valence electrons. The number of aromatic nitrogens is 1. The lowest BCUT2D eigenvalue weighted by atomic mass is 10.1. The summed E-state index contributed by atoms with van der Waals surface area (Å²) >= 11 is 5.87. The lowest BCUT2D eigenvalue weighted by Crippen LogP contribution is -2.37. The van der Waals surface area contributed by atoms with Crippen molar-refractivity contribution in [3.63, 3.8) is 0 Å². The molecular formula is C22H21ClN4O4S. The molecule has 2 N–H and O–H groups in total. The van der Waals surface area contributed by atoms with Crippen molar-refractivity contribution in [3.05, 3.63) is 89.2 Å². The number of hydrogen-bond acceptors (Lipinski definition) is 5. The van der Waals surface area contributed by atoms with Gasteiger partial charge in [-0.25, -0.2) is 8.42 Å². The maximum Gasteiger partial charge on any atom is 0.253 e. The summed E-state index contributed by atoms with van der Waals surface area (Å²) in [6, 6.07) is 16.2. The second-order valence-corrected chi connectivity index (χ2v) is 9.23. The van der Waals surface area contributed by atoms with Crippen molar-refractivity contribution in [2.75, 3.05) is 22.4 Å². The van der Waals surface area contributed by atoms with Gasteiger partial charge in [0, 0.05) is 24.0 Å². The van der Waals surface area contributed by atoms with Gasteiger partial charge in [-0.15, -0.1) is 0 Å². The summed E-state index contributed by atoms with van der Waals surface area (Å²) in [6.45, 7) is -0.195. The van der Waals surface area contributed by atoms with E-state index in [4.69, 9.17) is 11.6 Å². The van der Waals surface area contributed by atoms with Crippen LogP contribution in [0.25, 0.3) is 0 Å². The normalized spacial score (nSPS) is 10.9. The number of para-hydroxylation sites is 1. The zero-order valence-electron chi connectivity index (χ0n) is 17.2. The number of nitrogens with one attached hydrogen (secondary N) is 2. The number of hydrogen-bond donors (Lipinski definition) is 2. The third kappa shape index (κ3) is 6.29. The number of benzene rings is 2. The third-order valence-corrected chi connectivity index (χ3v) is 5.82. The van der Waals surface area contributed by atoms with Crippen LogP contribution in [0.3, 0.4) is 0 Å². The summed E-state index contributed by atoms with van der Waals surface area (Å²) in [4.78, 5) is 29.3. The summed E-state index contributed by atoms with van der Waals surface area (Å²) in [6.07, 6.45) is 4.29. The highest BCUT2D eigenvalue weighted by molar-refractivity contribution is 7.92. The number of rotatable bonds is 8. The molecule has 0 unspecified atom stereocenters. The molecule has 0 atom stereocenters. The van der Waals surface area contributed by atoms with Gasteiger partial charge in [-0.2, -0.15) is 0 Å². The lowest BCUT2D eigenvalue weighted by molar-refractivity contribution is -0.114. The predicted octanol–water partition coefficient (Wildman–Crippen LogP) is 3.07. The van der Waals surface area contributed by atoms with Crippen LogP contribution >= 0.6 is 11.6 Å². The summed E-state index contributed by atoms with van der Waals surface area (Å²) in [7, 11) is -3.74. The van der Waals surface area contributed by atoms with Gasteiger partial charge in [0.25, 0.3) is 5.91 Å². The number of anilines is 2. The summed E-state index contributed by atoms with van der Waals surface area (Å²) in [5.74, 6) is -0.986. The van der Waals surface area contributed by atoms with Crippen LogP contribution in [0.4, 0.5) is 11.4 Å². The van der Waals surface area contributed by atoms with E-state index in [0.29, 0.717) is 10.7 Å². The van der Waals surface area contributed by atoms with E-state index in [1.165, 1.54) is 24.3 Å². The Morgan fingerprint density at radius 2 is 1.75 bits per heavy atom. The number of carbonyl (C=O) groups is 2. The van der Waals surface area contributed by atoms with Gasteiger partial charge in [0.2, 0.25) is 15.9 Å². The second-order valence-electron chi connectivity index (χ2n) is 6.88. The first-order valence-electron chi connectivity index (χ1n) is 9.53. The minimum absolute atomic E-state index is 0.252. The maximum absolute atomic E-state index is 12.7. The van der Waals surface area contributed by atoms with E-state index >= 15 is 0 Å². The van der Waals surface area contributed by atoms with Crippen LogP contribution in [0.15, 0.2) is 73.1 Å². The Hall–Kier alpha value is -3.43. The second kappa shape index (κ2) is 10.3. The van der Waals surface area contributed by atoms with Crippen LogP contribution in [0.2, 0.25) is 5.02 Å². The fourth-order valence-corrected chi connectivity index (χ4v) is 3.88. The van der Waals surface area contributed by atoms with E-state index in [1.807, 2.05) is 6.07 Å². The van der Waals surface area contributed by atoms with Gasteiger partial charge in [-0.1, -0.05) is 29.8 Å². The molecule has 0 aliphatic carbocycles. The third-order valence-electron chi connectivity index (χ3n) is 4.42. The number of nitrogens with zero attached hydrogens (tertiary/aromatic N) is 2. The minimum atomic E-state index is -3.74. The molecule has 1 heterocycles. The number of halogens is 1. The smallest absolute Gasteiger partial charge is 0.253 e. The van der Waals surface area contributed by atoms with E-state index in [0.717, 1.165) is 16.1 Å². The molecule has 3 aromatic rings. The van der Waals surface area contributed by atoms with E-state index in [-0.39, 0.29) is 23.7 Å². The molecule has 0 saturated carbocycles. The number of sulfonamides is 1. The van der Waals surface area contributed by atoms with Crippen LogP contribution in [-0.4, -0.2) is 38.0 Å². The van der Waals surface area contributed by atoms with E-state index in [2.05, 4.69) is 15.6 Å². The Kier molecular flexibility index (Phi) is 7.45. The molecular weight excluding hydrogens is 452 g/mol. The molecule has 0 fully saturated rings. The molecule has 0 radical (unpaired) electrons. The van der Waals surface area contributed by atoms with Gasteiger partial charge in [-0.3, -0.25) is 18.9 Å². The van der Waals surface area contributed by atoms with Crippen molar-refractivity contribution >= 4 is 44.8 Å². The average Bonchev–Trinajstić information content (AvgIpc) is 2.77. The van der Waals surface area contributed by atoms with E-state index < -0.39 is 22.5 Å². The average molecular weight is 473 g/mol.